The number of benzene rings is 1. The number of fused-ring (bicyclic) bond motifs is 1. The number of hydrogen-bond donors (Lipinski definition) is 1. The highest BCUT2D eigenvalue weighted by Crippen LogP contribution is 2.27. The molecule has 162 valence electrons. The van der Waals surface area contributed by atoms with Gasteiger partial charge in [0.1, 0.15) is 15.8 Å². The lowest BCUT2D eigenvalue weighted by atomic mass is 10.1. The van der Waals surface area contributed by atoms with E-state index in [2.05, 4.69) is 47.5 Å². The number of aromatic nitrogens is 5. The zero-order valence-electron chi connectivity index (χ0n) is 17.8. The van der Waals surface area contributed by atoms with Crippen LogP contribution in [-0.4, -0.2) is 69.4 Å². The second kappa shape index (κ2) is 8.56. The molecule has 10 heteroatoms. The highest BCUT2D eigenvalue weighted by atomic mass is 32.1. The van der Waals surface area contributed by atoms with Crippen LogP contribution in [-0.2, 0) is 0 Å². The first kappa shape index (κ1) is 20.4. The van der Waals surface area contributed by atoms with E-state index in [1.165, 1.54) is 11.3 Å². The van der Waals surface area contributed by atoms with Crippen LogP contribution in [0.5, 0.6) is 0 Å². The van der Waals surface area contributed by atoms with Crippen molar-refractivity contribution in [3.05, 3.63) is 53.2 Å². The molecular weight excluding hydrogens is 424 g/mol. The molecule has 1 aromatic carbocycles. The smallest absolute Gasteiger partial charge is 0.257 e. The quantitative estimate of drug-likeness (QED) is 0.511. The highest BCUT2D eigenvalue weighted by Gasteiger charge is 2.17. The Balaban J connectivity index is 1.36. The fraction of sp³-hybridized carbons (Fsp3) is 0.273. The minimum Gasteiger partial charge on any atom is -0.354 e. The first-order valence-corrected chi connectivity index (χ1v) is 11.2. The van der Waals surface area contributed by atoms with Crippen molar-refractivity contribution in [2.45, 2.75) is 6.92 Å². The highest BCUT2D eigenvalue weighted by molar-refractivity contribution is 7.14. The molecule has 4 heterocycles. The predicted octanol–water partition coefficient (Wildman–Crippen LogP) is 2.86. The summed E-state index contributed by atoms with van der Waals surface area (Å²) in [6.45, 7) is 5.66. The van der Waals surface area contributed by atoms with Gasteiger partial charge in [-0.2, -0.15) is 0 Å². The van der Waals surface area contributed by atoms with Gasteiger partial charge in [0.2, 0.25) is 0 Å². The molecule has 0 saturated carbocycles. The standard InChI is InChI=1S/C22H22N8OS/c1-14-25-28-22(32-14)16-3-4-18-17(11-16)12-19(27-26-18)24-21(31)15-5-6-23-20(13-15)30-9-7-29(2)8-10-30/h3-6,11-13H,7-10H2,1-2H3,(H,24,27,31). The number of piperazine rings is 1. The molecule has 0 spiro atoms. The molecule has 1 N–H and O–H groups in total. The topological polar surface area (TPSA) is 100 Å². The number of likely N-dealkylation sites (N-methyl/N-ethyl adjacent to an activating group) is 1. The molecule has 1 saturated heterocycles. The summed E-state index contributed by atoms with van der Waals surface area (Å²) in [4.78, 5) is 21.8. The van der Waals surface area contributed by atoms with Crippen molar-refractivity contribution < 1.29 is 4.79 Å². The SMILES string of the molecule is Cc1nnc(-c2ccc3nnc(NC(=O)c4ccnc(N5CCN(C)CC5)c4)cc3c2)s1. The molecule has 0 unspecified atom stereocenters. The molecule has 4 aromatic rings. The minimum absolute atomic E-state index is 0.243. The molecule has 0 aliphatic carbocycles. The molecule has 32 heavy (non-hydrogen) atoms. The van der Waals surface area contributed by atoms with Gasteiger partial charge in [-0.25, -0.2) is 4.98 Å². The van der Waals surface area contributed by atoms with Crippen LogP contribution in [0.3, 0.4) is 0 Å². The van der Waals surface area contributed by atoms with Gasteiger partial charge in [-0.3, -0.25) is 4.79 Å². The number of amides is 1. The average Bonchev–Trinajstić information content (AvgIpc) is 3.25. The monoisotopic (exact) mass is 446 g/mol. The van der Waals surface area contributed by atoms with Crippen molar-refractivity contribution in [3.63, 3.8) is 0 Å². The minimum atomic E-state index is -0.243. The number of nitrogens with one attached hydrogen (secondary N) is 1. The Morgan fingerprint density at radius 1 is 1.00 bits per heavy atom. The number of pyridine rings is 1. The number of rotatable bonds is 4. The molecule has 1 amide bonds. The van der Waals surface area contributed by atoms with E-state index < -0.39 is 0 Å². The van der Waals surface area contributed by atoms with Crippen molar-refractivity contribution in [2.24, 2.45) is 0 Å². The van der Waals surface area contributed by atoms with Gasteiger partial charge in [0.15, 0.2) is 5.82 Å². The summed E-state index contributed by atoms with van der Waals surface area (Å²) in [5.74, 6) is 0.964. The average molecular weight is 447 g/mol. The van der Waals surface area contributed by atoms with Crippen molar-refractivity contribution in [1.82, 2.24) is 30.3 Å². The Bertz CT molecular complexity index is 1280. The second-order valence-electron chi connectivity index (χ2n) is 7.78. The van der Waals surface area contributed by atoms with Crippen LogP contribution >= 0.6 is 11.3 Å². The first-order chi connectivity index (χ1) is 15.5. The summed E-state index contributed by atoms with van der Waals surface area (Å²) in [7, 11) is 2.11. The van der Waals surface area contributed by atoms with Crippen LogP contribution in [0.15, 0.2) is 42.6 Å². The van der Waals surface area contributed by atoms with E-state index in [-0.39, 0.29) is 5.91 Å². The third-order valence-electron chi connectivity index (χ3n) is 5.43. The maximum absolute atomic E-state index is 12.9. The maximum atomic E-state index is 12.9. The Hall–Kier alpha value is -3.50. The number of nitrogens with zero attached hydrogens (tertiary/aromatic N) is 7. The Labute approximate surface area is 189 Å². The van der Waals surface area contributed by atoms with E-state index in [9.17, 15) is 4.79 Å². The van der Waals surface area contributed by atoms with Crippen LogP contribution in [0.2, 0.25) is 0 Å². The molecule has 0 radical (unpaired) electrons. The largest absolute Gasteiger partial charge is 0.354 e. The number of carbonyl (C=O) groups excluding carboxylic acids is 1. The fourth-order valence-corrected chi connectivity index (χ4v) is 4.30. The van der Waals surface area contributed by atoms with Crippen LogP contribution in [0, 0.1) is 6.92 Å². The number of anilines is 2. The van der Waals surface area contributed by atoms with Crippen molar-refractivity contribution in [2.75, 3.05) is 43.4 Å². The molecule has 5 rings (SSSR count). The van der Waals surface area contributed by atoms with E-state index in [4.69, 9.17) is 0 Å². The summed E-state index contributed by atoms with van der Waals surface area (Å²) in [5, 5.41) is 22.2. The fourth-order valence-electron chi connectivity index (χ4n) is 3.61. The van der Waals surface area contributed by atoms with E-state index in [0.717, 1.165) is 58.5 Å². The molecule has 1 aliphatic rings. The Morgan fingerprint density at radius 3 is 2.62 bits per heavy atom. The van der Waals surface area contributed by atoms with Gasteiger partial charge in [-0.15, -0.1) is 20.4 Å². The van der Waals surface area contributed by atoms with E-state index in [1.54, 1.807) is 12.3 Å². The third kappa shape index (κ3) is 4.27. The van der Waals surface area contributed by atoms with Crippen molar-refractivity contribution in [3.8, 4) is 10.6 Å². The van der Waals surface area contributed by atoms with Gasteiger partial charge in [-0.05, 0) is 50.4 Å². The number of hydrogen-bond acceptors (Lipinski definition) is 9. The lowest BCUT2D eigenvalue weighted by molar-refractivity contribution is 0.102. The normalized spacial score (nSPS) is 14.6. The zero-order chi connectivity index (χ0) is 22.1. The molecule has 3 aromatic heterocycles. The van der Waals surface area contributed by atoms with Crippen LogP contribution in [0.1, 0.15) is 15.4 Å². The van der Waals surface area contributed by atoms with Crippen LogP contribution in [0.25, 0.3) is 21.5 Å². The van der Waals surface area contributed by atoms with E-state index >= 15 is 0 Å². The molecule has 0 atom stereocenters. The van der Waals surface area contributed by atoms with Crippen LogP contribution < -0.4 is 10.2 Å². The Morgan fingerprint density at radius 2 is 1.84 bits per heavy atom. The summed E-state index contributed by atoms with van der Waals surface area (Å²) < 4.78 is 0. The van der Waals surface area contributed by atoms with Gasteiger partial charge in [0.25, 0.3) is 5.91 Å². The first-order valence-electron chi connectivity index (χ1n) is 10.3. The zero-order valence-corrected chi connectivity index (χ0v) is 18.6. The van der Waals surface area contributed by atoms with Crippen molar-refractivity contribution >= 4 is 39.8 Å². The van der Waals surface area contributed by atoms with Gasteiger partial charge in [0.05, 0.1) is 5.52 Å². The van der Waals surface area contributed by atoms with Gasteiger partial charge in [-0.1, -0.05) is 11.3 Å². The molecule has 1 aliphatic heterocycles. The summed E-state index contributed by atoms with van der Waals surface area (Å²) in [5.41, 5.74) is 2.24. The molecule has 9 nitrogen and oxygen atoms in total. The molecule has 1 fully saturated rings. The number of carbonyl (C=O) groups is 1. The van der Waals surface area contributed by atoms with E-state index in [0.29, 0.717) is 11.4 Å². The lowest BCUT2D eigenvalue weighted by Crippen LogP contribution is -2.44. The summed E-state index contributed by atoms with van der Waals surface area (Å²) in [6.07, 6.45) is 1.67. The molecular formula is C22H22N8OS. The second-order valence-corrected chi connectivity index (χ2v) is 8.96. The van der Waals surface area contributed by atoms with E-state index in [1.807, 2.05) is 37.3 Å². The van der Waals surface area contributed by atoms with Gasteiger partial charge in [0, 0.05) is 48.9 Å². The van der Waals surface area contributed by atoms with Crippen molar-refractivity contribution in [1.29, 1.82) is 0 Å². The van der Waals surface area contributed by atoms with Gasteiger partial charge >= 0.3 is 0 Å². The lowest BCUT2D eigenvalue weighted by Gasteiger charge is -2.33. The molecule has 0 bridgehead atoms. The number of aryl methyl sites for hydroxylation is 1. The maximum Gasteiger partial charge on any atom is 0.257 e. The Kier molecular flexibility index (Phi) is 5.46. The van der Waals surface area contributed by atoms with Gasteiger partial charge < -0.3 is 15.1 Å². The third-order valence-corrected chi connectivity index (χ3v) is 6.32. The van der Waals surface area contributed by atoms with Crippen LogP contribution in [0.4, 0.5) is 11.6 Å². The summed E-state index contributed by atoms with van der Waals surface area (Å²) >= 11 is 1.53. The predicted molar refractivity (Wildman–Crippen MR) is 125 cm³/mol. The summed E-state index contributed by atoms with van der Waals surface area (Å²) in [6, 6.07) is 11.2.